The van der Waals surface area contributed by atoms with E-state index in [1.165, 1.54) is 18.4 Å². The third-order valence-electron chi connectivity index (χ3n) is 2.99. The molecule has 2 nitrogen and oxygen atoms in total. The molecule has 2 unspecified atom stereocenters. The normalized spacial score (nSPS) is 14.9. The molecule has 2 N–H and O–H groups in total. The van der Waals surface area contributed by atoms with Crippen LogP contribution >= 0.6 is 11.3 Å². The van der Waals surface area contributed by atoms with Gasteiger partial charge in [-0.25, -0.2) is 0 Å². The van der Waals surface area contributed by atoms with Gasteiger partial charge in [0.25, 0.3) is 0 Å². The highest BCUT2D eigenvalue weighted by Crippen LogP contribution is 2.17. The number of nitrogens with one attached hydrogen (secondary N) is 1. The summed E-state index contributed by atoms with van der Waals surface area (Å²) in [7, 11) is 0. The molecule has 0 aliphatic carbocycles. The molecular weight excluding hydrogens is 218 g/mol. The molecule has 1 aromatic heterocycles. The zero-order valence-corrected chi connectivity index (χ0v) is 11.1. The van der Waals surface area contributed by atoms with E-state index in [1.807, 2.05) is 0 Å². The lowest BCUT2D eigenvalue weighted by Crippen LogP contribution is -2.26. The number of aliphatic hydroxyl groups is 1. The molecular formula is C13H23NOS. The molecule has 0 aliphatic heterocycles. The van der Waals surface area contributed by atoms with E-state index in [9.17, 15) is 0 Å². The molecule has 0 fully saturated rings. The summed E-state index contributed by atoms with van der Waals surface area (Å²) in [6.07, 6.45) is 3.31. The Morgan fingerprint density at radius 2 is 2.25 bits per heavy atom. The van der Waals surface area contributed by atoms with Gasteiger partial charge in [0.2, 0.25) is 0 Å². The van der Waals surface area contributed by atoms with E-state index in [0.29, 0.717) is 18.6 Å². The van der Waals surface area contributed by atoms with E-state index in [-0.39, 0.29) is 0 Å². The summed E-state index contributed by atoms with van der Waals surface area (Å²) < 4.78 is 0. The average Bonchev–Trinajstić information content (AvgIpc) is 2.79. The number of rotatable bonds is 8. The molecule has 1 heterocycles. The molecule has 0 spiro atoms. The monoisotopic (exact) mass is 241 g/mol. The first-order valence-electron chi connectivity index (χ1n) is 6.14. The van der Waals surface area contributed by atoms with Crippen LogP contribution in [0, 0.1) is 5.92 Å². The number of hydrogen-bond acceptors (Lipinski definition) is 3. The predicted molar refractivity (Wildman–Crippen MR) is 70.8 cm³/mol. The van der Waals surface area contributed by atoms with Gasteiger partial charge in [0.15, 0.2) is 0 Å². The highest BCUT2D eigenvalue weighted by molar-refractivity contribution is 7.07. The van der Waals surface area contributed by atoms with Crippen molar-refractivity contribution in [2.24, 2.45) is 5.92 Å². The van der Waals surface area contributed by atoms with E-state index >= 15 is 0 Å². The average molecular weight is 241 g/mol. The van der Waals surface area contributed by atoms with Gasteiger partial charge in [-0.05, 0) is 54.6 Å². The maximum absolute atomic E-state index is 8.99. The maximum atomic E-state index is 8.99. The fourth-order valence-corrected chi connectivity index (χ4v) is 2.68. The highest BCUT2D eigenvalue weighted by Gasteiger charge is 2.10. The van der Waals surface area contributed by atoms with Crippen LogP contribution in [-0.2, 0) is 0 Å². The van der Waals surface area contributed by atoms with Crippen molar-refractivity contribution in [1.82, 2.24) is 5.32 Å². The highest BCUT2D eigenvalue weighted by atomic mass is 32.1. The molecule has 0 radical (unpaired) electrons. The van der Waals surface area contributed by atoms with Crippen LogP contribution in [0.1, 0.15) is 44.7 Å². The van der Waals surface area contributed by atoms with Crippen molar-refractivity contribution < 1.29 is 5.11 Å². The fraction of sp³-hybridized carbons (Fsp3) is 0.692. The largest absolute Gasteiger partial charge is 0.396 e. The Balaban J connectivity index is 2.30. The first kappa shape index (κ1) is 13.7. The van der Waals surface area contributed by atoms with Crippen molar-refractivity contribution in [3.63, 3.8) is 0 Å². The van der Waals surface area contributed by atoms with Crippen molar-refractivity contribution in [1.29, 1.82) is 0 Å². The Bertz CT molecular complexity index is 255. The van der Waals surface area contributed by atoms with Crippen LogP contribution < -0.4 is 5.32 Å². The second-order valence-electron chi connectivity index (χ2n) is 4.35. The number of aliphatic hydroxyl groups excluding tert-OH is 1. The van der Waals surface area contributed by atoms with Crippen molar-refractivity contribution >= 4 is 11.3 Å². The molecule has 1 rings (SSSR count). The molecule has 0 saturated carbocycles. The van der Waals surface area contributed by atoms with Gasteiger partial charge < -0.3 is 10.4 Å². The first-order valence-corrected chi connectivity index (χ1v) is 7.08. The summed E-state index contributed by atoms with van der Waals surface area (Å²) in [6.45, 7) is 5.71. The van der Waals surface area contributed by atoms with Gasteiger partial charge in [-0.3, -0.25) is 0 Å². The summed E-state index contributed by atoms with van der Waals surface area (Å²) in [5.74, 6) is 0.607. The third-order valence-corrected chi connectivity index (χ3v) is 3.69. The second-order valence-corrected chi connectivity index (χ2v) is 5.13. The standard InChI is InChI=1S/C13H23NOS/c1-3-4-12(5-7-15)9-14-11(2)13-6-8-16-10-13/h6,8,10-12,14-15H,3-5,7,9H2,1-2H3. The van der Waals surface area contributed by atoms with Crippen molar-refractivity contribution in [3.8, 4) is 0 Å². The Morgan fingerprint density at radius 3 is 2.81 bits per heavy atom. The van der Waals surface area contributed by atoms with Gasteiger partial charge in [0.05, 0.1) is 0 Å². The molecule has 16 heavy (non-hydrogen) atoms. The summed E-state index contributed by atoms with van der Waals surface area (Å²) >= 11 is 1.74. The summed E-state index contributed by atoms with van der Waals surface area (Å²) in [5, 5.41) is 16.8. The molecule has 92 valence electrons. The lowest BCUT2D eigenvalue weighted by molar-refractivity contribution is 0.246. The van der Waals surface area contributed by atoms with Crippen LogP contribution in [-0.4, -0.2) is 18.3 Å². The molecule has 0 aromatic carbocycles. The molecule has 0 amide bonds. The van der Waals surface area contributed by atoms with Crippen LogP contribution in [0.3, 0.4) is 0 Å². The molecule has 1 aromatic rings. The van der Waals surface area contributed by atoms with E-state index in [0.717, 1.165) is 13.0 Å². The fourth-order valence-electron chi connectivity index (χ4n) is 1.92. The van der Waals surface area contributed by atoms with E-state index < -0.39 is 0 Å². The minimum absolute atomic E-state index is 0.305. The van der Waals surface area contributed by atoms with Gasteiger partial charge in [-0.2, -0.15) is 11.3 Å². The second kappa shape index (κ2) is 7.82. The van der Waals surface area contributed by atoms with Crippen molar-refractivity contribution in [3.05, 3.63) is 22.4 Å². The number of thiophene rings is 1. The van der Waals surface area contributed by atoms with E-state index in [4.69, 9.17) is 5.11 Å². The van der Waals surface area contributed by atoms with Crippen LogP contribution in [0.4, 0.5) is 0 Å². The van der Waals surface area contributed by atoms with Crippen LogP contribution in [0.5, 0.6) is 0 Å². The number of hydrogen-bond donors (Lipinski definition) is 2. The lowest BCUT2D eigenvalue weighted by atomic mass is 9.99. The molecule has 2 atom stereocenters. The SMILES string of the molecule is CCCC(CCO)CNC(C)c1ccsc1. The Morgan fingerprint density at radius 1 is 1.44 bits per heavy atom. The van der Waals surface area contributed by atoms with Crippen LogP contribution in [0.2, 0.25) is 0 Å². The maximum Gasteiger partial charge on any atom is 0.0434 e. The predicted octanol–water partition coefficient (Wildman–Crippen LogP) is 3.20. The Kier molecular flexibility index (Phi) is 6.69. The minimum atomic E-state index is 0.305. The molecule has 0 aliphatic rings. The van der Waals surface area contributed by atoms with Gasteiger partial charge >= 0.3 is 0 Å². The summed E-state index contributed by atoms with van der Waals surface area (Å²) in [5.41, 5.74) is 1.37. The lowest BCUT2D eigenvalue weighted by Gasteiger charge is -2.19. The van der Waals surface area contributed by atoms with E-state index in [1.54, 1.807) is 11.3 Å². The van der Waals surface area contributed by atoms with Crippen LogP contribution in [0.15, 0.2) is 16.8 Å². The zero-order valence-electron chi connectivity index (χ0n) is 10.3. The molecule has 0 bridgehead atoms. The summed E-state index contributed by atoms with van der Waals surface area (Å²) in [6, 6.07) is 2.59. The van der Waals surface area contributed by atoms with Crippen molar-refractivity contribution in [2.75, 3.05) is 13.2 Å². The van der Waals surface area contributed by atoms with Crippen LogP contribution in [0.25, 0.3) is 0 Å². The van der Waals surface area contributed by atoms with E-state index in [2.05, 4.69) is 36.0 Å². The Hall–Kier alpha value is -0.380. The quantitative estimate of drug-likeness (QED) is 0.732. The van der Waals surface area contributed by atoms with Gasteiger partial charge in [-0.15, -0.1) is 0 Å². The molecule has 3 heteroatoms. The third kappa shape index (κ3) is 4.64. The first-order chi connectivity index (χ1) is 7.77. The summed E-state index contributed by atoms with van der Waals surface area (Å²) in [4.78, 5) is 0. The van der Waals surface area contributed by atoms with Gasteiger partial charge in [0.1, 0.15) is 0 Å². The topological polar surface area (TPSA) is 32.3 Å². The Labute approximate surface area is 103 Å². The van der Waals surface area contributed by atoms with Gasteiger partial charge in [-0.1, -0.05) is 13.3 Å². The minimum Gasteiger partial charge on any atom is -0.396 e. The zero-order chi connectivity index (χ0) is 11.8. The van der Waals surface area contributed by atoms with Gasteiger partial charge in [0, 0.05) is 12.6 Å². The van der Waals surface area contributed by atoms with Crippen molar-refractivity contribution in [2.45, 2.75) is 39.2 Å². The molecule has 0 saturated heterocycles. The smallest absolute Gasteiger partial charge is 0.0434 e.